The van der Waals surface area contributed by atoms with Gasteiger partial charge >= 0.3 is 0 Å². The Kier molecular flexibility index (Phi) is 5.26. The summed E-state index contributed by atoms with van der Waals surface area (Å²) in [7, 11) is 0. The van der Waals surface area contributed by atoms with Gasteiger partial charge in [-0.3, -0.25) is 10.1 Å². The lowest BCUT2D eigenvalue weighted by Crippen LogP contribution is -2.40. The number of hydrogen-bond acceptors (Lipinski definition) is 2. The molecule has 118 valence electrons. The summed E-state index contributed by atoms with van der Waals surface area (Å²) >= 11 is 0. The lowest BCUT2D eigenvalue weighted by atomic mass is 9.93. The Morgan fingerprint density at radius 1 is 1.52 bits per heavy atom. The molecular weight excluding hydrogens is 262 g/mol. The van der Waals surface area contributed by atoms with Gasteiger partial charge in [0, 0.05) is 31.9 Å². The first kappa shape index (κ1) is 15.9. The summed E-state index contributed by atoms with van der Waals surface area (Å²) < 4.78 is 0. The van der Waals surface area contributed by atoms with Crippen molar-refractivity contribution in [3.63, 3.8) is 0 Å². The molecule has 21 heavy (non-hydrogen) atoms. The molecule has 0 radical (unpaired) electrons. The molecule has 1 aliphatic rings. The number of aryl methyl sites for hydroxylation is 2. The van der Waals surface area contributed by atoms with E-state index >= 15 is 0 Å². The van der Waals surface area contributed by atoms with Crippen LogP contribution in [0.4, 0.5) is 0 Å². The molecule has 2 heterocycles. The van der Waals surface area contributed by atoms with E-state index in [1.54, 1.807) is 0 Å². The van der Waals surface area contributed by atoms with E-state index in [4.69, 9.17) is 4.99 Å². The summed E-state index contributed by atoms with van der Waals surface area (Å²) in [4.78, 5) is 7.19. The van der Waals surface area contributed by atoms with Gasteiger partial charge in [-0.15, -0.1) is 0 Å². The fourth-order valence-corrected chi connectivity index (χ4v) is 2.80. The SMILES string of the molecule is CCNC(=NCCCc1cn[nH]c1C)N1CCC(C)(C)C1. The molecule has 0 amide bonds. The van der Waals surface area contributed by atoms with Crippen molar-refractivity contribution in [3.05, 3.63) is 17.5 Å². The number of nitrogens with one attached hydrogen (secondary N) is 2. The molecule has 0 atom stereocenters. The first-order valence-electron chi connectivity index (χ1n) is 8.04. The number of hydrogen-bond donors (Lipinski definition) is 2. The quantitative estimate of drug-likeness (QED) is 0.497. The smallest absolute Gasteiger partial charge is 0.193 e. The van der Waals surface area contributed by atoms with Gasteiger partial charge < -0.3 is 10.2 Å². The van der Waals surface area contributed by atoms with Crippen LogP contribution in [0.25, 0.3) is 0 Å². The number of aromatic nitrogens is 2. The largest absolute Gasteiger partial charge is 0.357 e. The number of H-pyrrole nitrogens is 1. The van der Waals surface area contributed by atoms with Crippen molar-refractivity contribution < 1.29 is 0 Å². The molecule has 1 aromatic rings. The second kappa shape index (κ2) is 6.96. The first-order chi connectivity index (χ1) is 10.0. The number of rotatable bonds is 5. The Morgan fingerprint density at radius 3 is 2.90 bits per heavy atom. The van der Waals surface area contributed by atoms with Crippen molar-refractivity contribution in [2.75, 3.05) is 26.2 Å². The van der Waals surface area contributed by atoms with Crippen LogP contribution in [-0.4, -0.2) is 47.2 Å². The van der Waals surface area contributed by atoms with Crippen LogP contribution < -0.4 is 5.32 Å². The Balaban J connectivity index is 1.85. The Bertz CT molecular complexity index is 475. The molecule has 5 heteroatoms. The third-order valence-corrected chi connectivity index (χ3v) is 4.11. The van der Waals surface area contributed by atoms with E-state index in [0.717, 1.165) is 45.0 Å². The number of likely N-dealkylation sites (tertiary alicyclic amines) is 1. The van der Waals surface area contributed by atoms with Gasteiger partial charge in [0.1, 0.15) is 0 Å². The van der Waals surface area contributed by atoms with Gasteiger partial charge in [-0.05, 0) is 44.1 Å². The van der Waals surface area contributed by atoms with Gasteiger partial charge in [0.25, 0.3) is 0 Å². The number of nitrogens with zero attached hydrogens (tertiary/aromatic N) is 3. The molecule has 0 bridgehead atoms. The molecule has 1 aromatic heterocycles. The van der Waals surface area contributed by atoms with Crippen molar-refractivity contribution in [2.24, 2.45) is 10.4 Å². The van der Waals surface area contributed by atoms with Gasteiger partial charge in [-0.1, -0.05) is 13.8 Å². The van der Waals surface area contributed by atoms with Crippen molar-refractivity contribution in [1.29, 1.82) is 0 Å². The zero-order valence-corrected chi connectivity index (χ0v) is 13.9. The average molecular weight is 291 g/mol. The van der Waals surface area contributed by atoms with Gasteiger partial charge in [0.2, 0.25) is 0 Å². The monoisotopic (exact) mass is 291 g/mol. The molecule has 1 saturated heterocycles. The summed E-state index contributed by atoms with van der Waals surface area (Å²) in [6, 6.07) is 0. The third kappa shape index (κ3) is 4.48. The van der Waals surface area contributed by atoms with E-state index in [0.29, 0.717) is 5.41 Å². The normalized spacial score (nSPS) is 18.3. The zero-order chi connectivity index (χ0) is 15.3. The molecule has 5 nitrogen and oxygen atoms in total. The van der Waals surface area contributed by atoms with Crippen LogP contribution in [0.3, 0.4) is 0 Å². The van der Waals surface area contributed by atoms with Crippen molar-refractivity contribution in [2.45, 2.75) is 47.0 Å². The molecule has 0 aromatic carbocycles. The summed E-state index contributed by atoms with van der Waals surface area (Å²) in [6.07, 6.45) is 5.27. The fourth-order valence-electron chi connectivity index (χ4n) is 2.80. The maximum absolute atomic E-state index is 4.79. The molecular formula is C16H29N5. The summed E-state index contributed by atoms with van der Waals surface area (Å²) in [5.41, 5.74) is 2.88. The highest BCUT2D eigenvalue weighted by Crippen LogP contribution is 2.28. The zero-order valence-electron chi connectivity index (χ0n) is 13.9. The van der Waals surface area contributed by atoms with E-state index < -0.39 is 0 Å². The number of aliphatic imine (C=N–C) groups is 1. The van der Waals surface area contributed by atoms with Gasteiger partial charge in [0.05, 0.1) is 6.20 Å². The van der Waals surface area contributed by atoms with Crippen molar-refractivity contribution in [1.82, 2.24) is 20.4 Å². The van der Waals surface area contributed by atoms with Crippen LogP contribution in [0.15, 0.2) is 11.2 Å². The van der Waals surface area contributed by atoms with Crippen LogP contribution in [0.2, 0.25) is 0 Å². The highest BCUT2D eigenvalue weighted by Gasteiger charge is 2.30. The topological polar surface area (TPSA) is 56.3 Å². The first-order valence-corrected chi connectivity index (χ1v) is 8.04. The highest BCUT2D eigenvalue weighted by molar-refractivity contribution is 5.80. The van der Waals surface area contributed by atoms with Gasteiger partial charge in [0.15, 0.2) is 5.96 Å². The predicted octanol–water partition coefficient (Wildman–Crippen LogP) is 2.35. The molecule has 2 N–H and O–H groups in total. The molecule has 0 aliphatic carbocycles. The van der Waals surface area contributed by atoms with E-state index in [-0.39, 0.29) is 0 Å². The lowest BCUT2D eigenvalue weighted by molar-refractivity contribution is 0.370. The molecule has 1 fully saturated rings. The van der Waals surface area contributed by atoms with Crippen LogP contribution in [0.5, 0.6) is 0 Å². The van der Waals surface area contributed by atoms with Gasteiger partial charge in [-0.2, -0.15) is 5.10 Å². The van der Waals surface area contributed by atoms with E-state index in [9.17, 15) is 0 Å². The summed E-state index contributed by atoms with van der Waals surface area (Å²) in [6.45, 7) is 12.9. The Morgan fingerprint density at radius 2 is 2.33 bits per heavy atom. The maximum atomic E-state index is 4.79. The summed E-state index contributed by atoms with van der Waals surface area (Å²) in [5.74, 6) is 1.08. The van der Waals surface area contributed by atoms with E-state index in [2.05, 4.69) is 48.1 Å². The van der Waals surface area contributed by atoms with Crippen molar-refractivity contribution >= 4 is 5.96 Å². The molecule has 1 aliphatic heterocycles. The van der Waals surface area contributed by atoms with Gasteiger partial charge in [-0.25, -0.2) is 0 Å². The Hall–Kier alpha value is -1.52. The standard InChI is InChI=1S/C16H29N5/c1-5-17-15(21-10-8-16(3,4)12-21)18-9-6-7-14-11-19-20-13(14)2/h11H,5-10,12H2,1-4H3,(H,17,18)(H,19,20). The second-order valence-electron chi connectivity index (χ2n) is 6.70. The van der Waals surface area contributed by atoms with E-state index in [1.165, 1.54) is 17.7 Å². The third-order valence-electron chi connectivity index (χ3n) is 4.11. The van der Waals surface area contributed by atoms with Crippen LogP contribution >= 0.6 is 0 Å². The minimum atomic E-state index is 0.407. The fraction of sp³-hybridized carbons (Fsp3) is 0.750. The summed E-state index contributed by atoms with van der Waals surface area (Å²) in [5, 5.41) is 10.5. The minimum absolute atomic E-state index is 0.407. The van der Waals surface area contributed by atoms with E-state index in [1.807, 2.05) is 6.20 Å². The maximum Gasteiger partial charge on any atom is 0.193 e. The predicted molar refractivity (Wildman–Crippen MR) is 87.6 cm³/mol. The number of aromatic amines is 1. The van der Waals surface area contributed by atoms with Crippen molar-refractivity contribution in [3.8, 4) is 0 Å². The molecule has 0 saturated carbocycles. The molecule has 0 unspecified atom stereocenters. The van der Waals surface area contributed by atoms with Crippen LogP contribution in [0.1, 0.15) is 44.9 Å². The average Bonchev–Trinajstić information content (AvgIpc) is 2.99. The minimum Gasteiger partial charge on any atom is -0.357 e. The lowest BCUT2D eigenvalue weighted by Gasteiger charge is -2.23. The number of guanidine groups is 1. The Labute approximate surface area is 128 Å². The molecule has 2 rings (SSSR count). The second-order valence-corrected chi connectivity index (χ2v) is 6.70. The highest BCUT2D eigenvalue weighted by atomic mass is 15.3. The van der Waals surface area contributed by atoms with Crippen LogP contribution in [0, 0.1) is 12.3 Å². The molecule has 0 spiro atoms. The van der Waals surface area contributed by atoms with Crippen LogP contribution in [-0.2, 0) is 6.42 Å².